The summed E-state index contributed by atoms with van der Waals surface area (Å²) < 4.78 is 19.9. The van der Waals surface area contributed by atoms with Crippen LogP contribution in [-0.2, 0) is 0 Å². The van der Waals surface area contributed by atoms with E-state index in [4.69, 9.17) is 27.9 Å². The molecule has 2 nitrogen and oxygen atoms in total. The van der Waals surface area contributed by atoms with Crippen LogP contribution in [0, 0.1) is 5.82 Å². The summed E-state index contributed by atoms with van der Waals surface area (Å²) in [5.74, 6) is 0.610. The van der Waals surface area contributed by atoms with Gasteiger partial charge < -0.3 is 10.1 Å². The predicted molar refractivity (Wildman–Crippen MR) is 85.0 cm³/mol. The lowest BCUT2D eigenvalue weighted by Gasteiger charge is -2.18. The SMILES string of the molecule is CCNC(C)c1c(F)cccc1Oc1cc(Cl)cc(Cl)c1. The van der Waals surface area contributed by atoms with Gasteiger partial charge in [0.05, 0.1) is 0 Å². The molecule has 0 fully saturated rings. The second-order valence-electron chi connectivity index (χ2n) is 4.64. The van der Waals surface area contributed by atoms with Crippen molar-refractivity contribution < 1.29 is 9.13 Å². The van der Waals surface area contributed by atoms with Gasteiger partial charge in [0, 0.05) is 21.7 Å². The van der Waals surface area contributed by atoms with Crippen molar-refractivity contribution in [3.63, 3.8) is 0 Å². The Kier molecular flexibility index (Phi) is 5.45. The van der Waals surface area contributed by atoms with Crippen molar-refractivity contribution >= 4 is 23.2 Å². The lowest BCUT2D eigenvalue weighted by Crippen LogP contribution is -2.19. The highest BCUT2D eigenvalue weighted by molar-refractivity contribution is 6.34. The lowest BCUT2D eigenvalue weighted by molar-refractivity contribution is 0.448. The molecular weight excluding hydrogens is 312 g/mol. The Morgan fingerprint density at radius 2 is 1.86 bits per heavy atom. The van der Waals surface area contributed by atoms with E-state index < -0.39 is 0 Å². The minimum Gasteiger partial charge on any atom is -0.457 e. The third-order valence-electron chi connectivity index (χ3n) is 3.02. The zero-order chi connectivity index (χ0) is 15.4. The normalized spacial score (nSPS) is 12.2. The molecule has 0 aliphatic heterocycles. The summed E-state index contributed by atoms with van der Waals surface area (Å²) in [5.41, 5.74) is 0.482. The molecule has 0 aliphatic rings. The van der Waals surface area contributed by atoms with Crippen molar-refractivity contribution in [1.29, 1.82) is 0 Å². The molecule has 2 rings (SSSR count). The third-order valence-corrected chi connectivity index (χ3v) is 3.46. The Hall–Kier alpha value is -1.29. The fourth-order valence-corrected chi connectivity index (χ4v) is 2.66. The highest BCUT2D eigenvalue weighted by atomic mass is 35.5. The number of hydrogen-bond donors (Lipinski definition) is 1. The summed E-state index contributed by atoms with van der Waals surface area (Å²) in [6.07, 6.45) is 0. The zero-order valence-electron chi connectivity index (χ0n) is 11.8. The van der Waals surface area contributed by atoms with E-state index in [1.807, 2.05) is 13.8 Å². The van der Waals surface area contributed by atoms with Crippen molar-refractivity contribution in [2.75, 3.05) is 6.54 Å². The zero-order valence-corrected chi connectivity index (χ0v) is 13.3. The molecule has 0 aliphatic carbocycles. The van der Waals surface area contributed by atoms with Gasteiger partial charge in [-0.3, -0.25) is 0 Å². The van der Waals surface area contributed by atoms with E-state index in [2.05, 4.69) is 5.32 Å². The van der Waals surface area contributed by atoms with Crippen LogP contribution < -0.4 is 10.1 Å². The number of halogens is 3. The van der Waals surface area contributed by atoms with Crippen LogP contribution in [0.4, 0.5) is 4.39 Å². The second-order valence-corrected chi connectivity index (χ2v) is 5.51. The first-order chi connectivity index (χ1) is 10.0. The maximum atomic E-state index is 14.1. The molecule has 0 bridgehead atoms. The van der Waals surface area contributed by atoms with E-state index in [0.29, 0.717) is 27.1 Å². The summed E-state index contributed by atoms with van der Waals surface area (Å²) in [5, 5.41) is 4.11. The topological polar surface area (TPSA) is 21.3 Å². The van der Waals surface area contributed by atoms with E-state index in [0.717, 1.165) is 6.54 Å². The van der Waals surface area contributed by atoms with Crippen molar-refractivity contribution in [2.24, 2.45) is 0 Å². The number of nitrogens with one attached hydrogen (secondary N) is 1. The summed E-state index contributed by atoms with van der Waals surface area (Å²) in [7, 11) is 0. The minimum atomic E-state index is -0.311. The number of hydrogen-bond acceptors (Lipinski definition) is 2. The smallest absolute Gasteiger partial charge is 0.135 e. The van der Waals surface area contributed by atoms with Crippen molar-refractivity contribution in [3.8, 4) is 11.5 Å². The molecule has 0 saturated carbocycles. The first kappa shape index (κ1) is 16.1. The molecule has 5 heteroatoms. The highest BCUT2D eigenvalue weighted by Crippen LogP contribution is 2.33. The molecule has 1 N–H and O–H groups in total. The van der Waals surface area contributed by atoms with Gasteiger partial charge in [0.2, 0.25) is 0 Å². The van der Waals surface area contributed by atoms with Gasteiger partial charge in [-0.2, -0.15) is 0 Å². The third kappa shape index (κ3) is 4.10. The summed E-state index contributed by atoms with van der Waals surface area (Å²) >= 11 is 11.9. The van der Waals surface area contributed by atoms with E-state index in [9.17, 15) is 4.39 Å². The maximum absolute atomic E-state index is 14.1. The molecule has 112 valence electrons. The fraction of sp³-hybridized carbons (Fsp3) is 0.250. The number of ether oxygens (including phenoxy) is 1. The second kappa shape index (κ2) is 7.12. The van der Waals surface area contributed by atoms with Crippen LogP contribution in [0.5, 0.6) is 11.5 Å². The van der Waals surface area contributed by atoms with Gasteiger partial charge in [0.25, 0.3) is 0 Å². The number of benzene rings is 2. The van der Waals surface area contributed by atoms with Crippen LogP contribution in [0.1, 0.15) is 25.5 Å². The van der Waals surface area contributed by atoms with E-state index in [-0.39, 0.29) is 11.9 Å². The molecule has 21 heavy (non-hydrogen) atoms. The van der Waals surface area contributed by atoms with Gasteiger partial charge in [-0.15, -0.1) is 0 Å². The molecule has 0 heterocycles. The molecule has 2 aromatic rings. The molecule has 0 saturated heterocycles. The molecule has 2 aromatic carbocycles. The van der Waals surface area contributed by atoms with Crippen LogP contribution in [0.2, 0.25) is 10.0 Å². The quantitative estimate of drug-likeness (QED) is 0.772. The van der Waals surface area contributed by atoms with Gasteiger partial charge in [-0.05, 0) is 43.8 Å². The average Bonchev–Trinajstić information content (AvgIpc) is 2.37. The van der Waals surface area contributed by atoms with Gasteiger partial charge in [-0.25, -0.2) is 4.39 Å². The Labute approximate surface area is 133 Å². The fourth-order valence-electron chi connectivity index (χ4n) is 2.15. The van der Waals surface area contributed by atoms with Gasteiger partial charge in [0.15, 0.2) is 0 Å². The first-order valence-corrected chi connectivity index (χ1v) is 7.42. The van der Waals surface area contributed by atoms with Crippen LogP contribution in [0.25, 0.3) is 0 Å². The van der Waals surface area contributed by atoms with Crippen LogP contribution in [0.3, 0.4) is 0 Å². The maximum Gasteiger partial charge on any atom is 0.135 e. The summed E-state index contributed by atoms with van der Waals surface area (Å²) in [4.78, 5) is 0. The van der Waals surface area contributed by atoms with Crippen LogP contribution >= 0.6 is 23.2 Å². The average molecular weight is 328 g/mol. The molecule has 1 atom stereocenters. The van der Waals surface area contributed by atoms with Gasteiger partial charge in [-0.1, -0.05) is 36.2 Å². The standard InChI is InChI=1S/C16H16Cl2FNO/c1-3-20-10(2)16-14(19)5-4-6-15(16)21-13-8-11(17)7-12(18)9-13/h4-10,20H,3H2,1-2H3. The molecule has 0 amide bonds. The molecular formula is C16H16Cl2FNO. The van der Waals surface area contributed by atoms with Crippen LogP contribution in [-0.4, -0.2) is 6.54 Å². The highest BCUT2D eigenvalue weighted by Gasteiger charge is 2.16. The Balaban J connectivity index is 2.37. The Bertz CT molecular complexity index is 613. The predicted octanol–water partition coefficient (Wildman–Crippen LogP) is 5.60. The van der Waals surface area contributed by atoms with E-state index >= 15 is 0 Å². The Morgan fingerprint density at radius 3 is 2.48 bits per heavy atom. The summed E-state index contributed by atoms with van der Waals surface area (Å²) in [6.45, 7) is 4.59. The van der Waals surface area contributed by atoms with E-state index in [1.54, 1.807) is 30.3 Å². The van der Waals surface area contributed by atoms with E-state index in [1.165, 1.54) is 6.07 Å². The van der Waals surface area contributed by atoms with Crippen molar-refractivity contribution in [1.82, 2.24) is 5.32 Å². The summed E-state index contributed by atoms with van der Waals surface area (Å²) in [6, 6.07) is 9.48. The van der Waals surface area contributed by atoms with Crippen molar-refractivity contribution in [2.45, 2.75) is 19.9 Å². The van der Waals surface area contributed by atoms with Gasteiger partial charge in [0.1, 0.15) is 17.3 Å². The number of rotatable bonds is 5. The largest absolute Gasteiger partial charge is 0.457 e. The molecule has 0 spiro atoms. The van der Waals surface area contributed by atoms with Gasteiger partial charge >= 0.3 is 0 Å². The lowest BCUT2D eigenvalue weighted by atomic mass is 10.1. The Morgan fingerprint density at radius 1 is 1.19 bits per heavy atom. The molecule has 0 aromatic heterocycles. The van der Waals surface area contributed by atoms with Crippen molar-refractivity contribution in [3.05, 3.63) is 57.8 Å². The monoisotopic (exact) mass is 327 g/mol. The first-order valence-electron chi connectivity index (χ1n) is 6.67. The molecule has 1 unspecified atom stereocenters. The van der Waals surface area contributed by atoms with Crippen LogP contribution in [0.15, 0.2) is 36.4 Å². The molecule has 0 radical (unpaired) electrons. The minimum absolute atomic E-state index is 0.166.